The number of rotatable bonds is 2. The molecule has 2 unspecified atom stereocenters. The zero-order valence-electron chi connectivity index (χ0n) is 12.6. The Morgan fingerprint density at radius 1 is 1.14 bits per heavy atom. The van der Waals surface area contributed by atoms with E-state index in [4.69, 9.17) is 0 Å². The lowest BCUT2D eigenvalue weighted by molar-refractivity contribution is 0.462. The highest BCUT2D eigenvalue weighted by Gasteiger charge is 2.38. The first-order valence-electron chi connectivity index (χ1n) is 7.50. The minimum Gasteiger partial charge on any atom is -0.364 e. The molecule has 1 aliphatic rings. The predicted octanol–water partition coefficient (Wildman–Crippen LogP) is 4.72. The fourth-order valence-electron chi connectivity index (χ4n) is 3.20. The first-order chi connectivity index (χ1) is 10.1. The molecule has 2 heteroatoms. The van der Waals surface area contributed by atoms with Crippen LogP contribution < -0.4 is 5.32 Å². The number of nitriles is 1. The van der Waals surface area contributed by atoms with Gasteiger partial charge in [0.05, 0.1) is 6.07 Å². The summed E-state index contributed by atoms with van der Waals surface area (Å²) in [6.45, 7) is 4.31. The van der Waals surface area contributed by atoms with Gasteiger partial charge in [-0.3, -0.25) is 0 Å². The van der Waals surface area contributed by atoms with E-state index in [1.807, 2.05) is 6.07 Å². The lowest BCUT2D eigenvalue weighted by atomic mass is 9.73. The van der Waals surface area contributed by atoms with E-state index >= 15 is 0 Å². The van der Waals surface area contributed by atoms with Crippen LogP contribution in [0.25, 0.3) is 0 Å². The van der Waals surface area contributed by atoms with Gasteiger partial charge >= 0.3 is 0 Å². The molecule has 0 aromatic heterocycles. The third-order valence-corrected chi connectivity index (χ3v) is 4.50. The van der Waals surface area contributed by atoms with Crippen LogP contribution in [0.5, 0.6) is 0 Å². The smallest absolute Gasteiger partial charge is 0.151 e. The second-order valence-electron chi connectivity index (χ2n) is 6.04. The number of nitrogens with one attached hydrogen (secondary N) is 1. The zero-order valence-corrected chi connectivity index (χ0v) is 12.6. The highest BCUT2D eigenvalue weighted by atomic mass is 15.0. The van der Waals surface area contributed by atoms with Gasteiger partial charge in [0.2, 0.25) is 0 Å². The van der Waals surface area contributed by atoms with Gasteiger partial charge in [0, 0.05) is 5.69 Å². The van der Waals surface area contributed by atoms with Gasteiger partial charge in [0.15, 0.2) is 5.54 Å². The molecule has 1 aliphatic carbocycles. The monoisotopic (exact) mass is 276 g/mol. The molecule has 0 saturated heterocycles. The number of fused-ring (bicyclic) bond motifs is 1. The lowest BCUT2D eigenvalue weighted by Gasteiger charge is -2.37. The van der Waals surface area contributed by atoms with Crippen molar-refractivity contribution in [2.45, 2.75) is 38.1 Å². The Balaban J connectivity index is 2.03. The molecule has 2 atom stereocenters. The van der Waals surface area contributed by atoms with Crippen molar-refractivity contribution in [1.29, 1.82) is 5.26 Å². The molecule has 106 valence electrons. The molecule has 3 rings (SSSR count). The molecule has 0 saturated carbocycles. The summed E-state index contributed by atoms with van der Waals surface area (Å²) in [5, 5.41) is 13.4. The van der Waals surface area contributed by atoms with Crippen LogP contribution in [0.3, 0.4) is 0 Å². The van der Waals surface area contributed by atoms with E-state index in [2.05, 4.69) is 67.7 Å². The van der Waals surface area contributed by atoms with Crippen LogP contribution in [0.15, 0.2) is 48.5 Å². The van der Waals surface area contributed by atoms with Crippen molar-refractivity contribution in [3.8, 4) is 6.07 Å². The van der Waals surface area contributed by atoms with Gasteiger partial charge in [-0.1, -0.05) is 48.9 Å². The highest BCUT2D eigenvalue weighted by Crippen LogP contribution is 2.42. The van der Waals surface area contributed by atoms with Gasteiger partial charge in [-0.05, 0) is 48.9 Å². The third kappa shape index (κ3) is 2.40. The first-order valence-corrected chi connectivity index (χ1v) is 7.50. The summed E-state index contributed by atoms with van der Waals surface area (Å²) in [5.74, 6) is 0.516. The Bertz CT molecular complexity index is 681. The van der Waals surface area contributed by atoms with E-state index in [1.165, 1.54) is 11.1 Å². The largest absolute Gasteiger partial charge is 0.364 e. The molecule has 0 fully saturated rings. The number of benzene rings is 2. The SMILES string of the molecule is Cc1ccc(NC2(C#N)CCC(C)c3ccccc32)cc1. The number of aryl methyl sites for hydroxylation is 1. The normalized spacial score (nSPS) is 24.0. The Kier molecular flexibility index (Phi) is 3.43. The number of hydrogen-bond acceptors (Lipinski definition) is 2. The van der Waals surface area contributed by atoms with Gasteiger partial charge in [0.25, 0.3) is 0 Å². The first kappa shape index (κ1) is 13.7. The number of anilines is 1. The van der Waals surface area contributed by atoms with Crippen LogP contribution in [-0.2, 0) is 5.54 Å². The van der Waals surface area contributed by atoms with E-state index in [-0.39, 0.29) is 0 Å². The molecule has 0 radical (unpaired) electrons. The molecular formula is C19H20N2. The average molecular weight is 276 g/mol. The number of nitrogens with zero attached hydrogens (tertiary/aromatic N) is 1. The van der Waals surface area contributed by atoms with Crippen molar-refractivity contribution < 1.29 is 0 Å². The Labute approximate surface area is 126 Å². The summed E-state index contributed by atoms with van der Waals surface area (Å²) >= 11 is 0. The van der Waals surface area contributed by atoms with E-state index in [0.29, 0.717) is 5.92 Å². The van der Waals surface area contributed by atoms with Crippen molar-refractivity contribution >= 4 is 5.69 Å². The molecule has 0 heterocycles. The van der Waals surface area contributed by atoms with Crippen molar-refractivity contribution in [1.82, 2.24) is 0 Å². The molecule has 21 heavy (non-hydrogen) atoms. The molecule has 0 aliphatic heterocycles. The van der Waals surface area contributed by atoms with E-state index < -0.39 is 5.54 Å². The fourth-order valence-corrected chi connectivity index (χ4v) is 3.20. The molecule has 0 bridgehead atoms. The van der Waals surface area contributed by atoms with Gasteiger partial charge < -0.3 is 5.32 Å². The zero-order chi connectivity index (χ0) is 14.9. The minimum atomic E-state index is -0.613. The lowest BCUT2D eigenvalue weighted by Crippen LogP contribution is -2.38. The average Bonchev–Trinajstić information content (AvgIpc) is 2.53. The summed E-state index contributed by atoms with van der Waals surface area (Å²) in [4.78, 5) is 0. The standard InChI is InChI=1S/C19H20N2/c1-14-7-9-16(10-8-14)21-19(13-20)12-11-15(2)17-5-3-4-6-18(17)19/h3-10,15,21H,11-12H2,1-2H3. The molecule has 0 spiro atoms. The summed E-state index contributed by atoms with van der Waals surface area (Å²) in [5.41, 5.74) is 4.05. The molecule has 2 aromatic carbocycles. The van der Waals surface area contributed by atoms with Crippen LogP contribution in [0.4, 0.5) is 5.69 Å². The molecular weight excluding hydrogens is 256 g/mol. The van der Waals surface area contributed by atoms with Crippen molar-refractivity contribution in [2.75, 3.05) is 5.32 Å². The maximum atomic E-state index is 9.88. The fraction of sp³-hybridized carbons (Fsp3) is 0.316. The van der Waals surface area contributed by atoms with Crippen LogP contribution in [0.1, 0.15) is 42.4 Å². The van der Waals surface area contributed by atoms with Crippen LogP contribution in [0.2, 0.25) is 0 Å². The third-order valence-electron chi connectivity index (χ3n) is 4.50. The topological polar surface area (TPSA) is 35.8 Å². The van der Waals surface area contributed by atoms with E-state index in [9.17, 15) is 5.26 Å². The Morgan fingerprint density at radius 3 is 2.57 bits per heavy atom. The summed E-state index contributed by atoms with van der Waals surface area (Å²) in [7, 11) is 0. The van der Waals surface area contributed by atoms with Crippen LogP contribution in [0, 0.1) is 18.3 Å². The quantitative estimate of drug-likeness (QED) is 0.861. The van der Waals surface area contributed by atoms with Crippen LogP contribution in [-0.4, -0.2) is 0 Å². The summed E-state index contributed by atoms with van der Waals surface area (Å²) in [6, 6.07) is 19.1. The van der Waals surface area contributed by atoms with Gasteiger partial charge in [-0.15, -0.1) is 0 Å². The molecule has 0 amide bonds. The van der Waals surface area contributed by atoms with Crippen LogP contribution >= 0.6 is 0 Å². The van der Waals surface area contributed by atoms with Crippen molar-refractivity contribution in [2.24, 2.45) is 0 Å². The molecule has 2 aromatic rings. The second-order valence-corrected chi connectivity index (χ2v) is 6.04. The van der Waals surface area contributed by atoms with Crippen molar-refractivity contribution in [3.63, 3.8) is 0 Å². The second kappa shape index (κ2) is 5.26. The summed E-state index contributed by atoms with van der Waals surface area (Å²) < 4.78 is 0. The maximum absolute atomic E-state index is 9.88. The van der Waals surface area contributed by atoms with E-state index in [1.54, 1.807) is 0 Å². The molecule has 2 nitrogen and oxygen atoms in total. The predicted molar refractivity (Wildman–Crippen MR) is 86.2 cm³/mol. The minimum absolute atomic E-state index is 0.516. The molecule has 1 N–H and O–H groups in total. The van der Waals surface area contributed by atoms with Gasteiger partial charge in [-0.2, -0.15) is 5.26 Å². The van der Waals surface area contributed by atoms with E-state index in [0.717, 1.165) is 24.1 Å². The van der Waals surface area contributed by atoms with Gasteiger partial charge in [-0.25, -0.2) is 0 Å². The maximum Gasteiger partial charge on any atom is 0.151 e. The van der Waals surface area contributed by atoms with Crippen molar-refractivity contribution in [3.05, 3.63) is 65.2 Å². The summed E-state index contributed by atoms with van der Waals surface area (Å²) in [6.07, 6.45) is 1.87. The Morgan fingerprint density at radius 2 is 1.86 bits per heavy atom. The Hall–Kier alpha value is -2.27. The highest BCUT2D eigenvalue weighted by molar-refractivity contribution is 5.54. The van der Waals surface area contributed by atoms with Gasteiger partial charge in [0.1, 0.15) is 0 Å². The number of hydrogen-bond donors (Lipinski definition) is 1.